The average molecular weight is 314 g/mol. The molecule has 0 fully saturated rings. The first-order valence-electron chi connectivity index (χ1n) is 6.05. The molecule has 2 aromatic rings. The van der Waals surface area contributed by atoms with Crippen molar-refractivity contribution < 1.29 is 0 Å². The van der Waals surface area contributed by atoms with Crippen LogP contribution < -0.4 is 0 Å². The van der Waals surface area contributed by atoms with E-state index in [9.17, 15) is 0 Å². The molecule has 0 nitrogen and oxygen atoms in total. The minimum Gasteiger partial charge on any atom is -0.0836 e. The molecule has 3 heteroatoms. The molecule has 0 saturated heterocycles. The summed E-state index contributed by atoms with van der Waals surface area (Å²) in [6, 6.07) is 11.7. The van der Waals surface area contributed by atoms with Gasteiger partial charge in [0, 0.05) is 10.6 Å². The highest BCUT2D eigenvalue weighted by atomic mass is 35.5. The quantitative estimate of drug-likeness (QED) is 0.519. The molecule has 0 atom stereocenters. The van der Waals surface area contributed by atoms with Crippen molar-refractivity contribution in [1.82, 2.24) is 0 Å². The Morgan fingerprint density at radius 3 is 1.79 bits per heavy atom. The highest BCUT2D eigenvalue weighted by Crippen LogP contribution is 2.39. The fourth-order valence-corrected chi connectivity index (χ4v) is 2.67. The first-order chi connectivity index (χ1) is 8.80. The van der Waals surface area contributed by atoms with Gasteiger partial charge in [0.1, 0.15) is 0 Å². The van der Waals surface area contributed by atoms with Crippen molar-refractivity contribution in [3.63, 3.8) is 0 Å². The van der Waals surface area contributed by atoms with Crippen LogP contribution in [-0.4, -0.2) is 0 Å². The molecule has 0 aliphatic rings. The maximum atomic E-state index is 6.25. The molecule has 0 heterocycles. The SMILES string of the molecule is CC(C)(C)c1ccc(-c2c(Cl)ccc(Cl)c2Cl)cc1. The first kappa shape index (κ1) is 14.7. The van der Waals surface area contributed by atoms with Gasteiger partial charge in [0.2, 0.25) is 0 Å². The van der Waals surface area contributed by atoms with Crippen molar-refractivity contribution in [2.75, 3.05) is 0 Å². The Bertz CT molecular complexity index is 593. The zero-order valence-electron chi connectivity index (χ0n) is 11.1. The molecule has 0 N–H and O–H groups in total. The van der Waals surface area contributed by atoms with Gasteiger partial charge in [-0.25, -0.2) is 0 Å². The van der Waals surface area contributed by atoms with Crippen LogP contribution in [0.3, 0.4) is 0 Å². The van der Waals surface area contributed by atoms with Gasteiger partial charge in [-0.3, -0.25) is 0 Å². The molecular weight excluding hydrogens is 299 g/mol. The van der Waals surface area contributed by atoms with Crippen LogP contribution in [0, 0.1) is 0 Å². The van der Waals surface area contributed by atoms with E-state index in [2.05, 4.69) is 32.9 Å². The second-order valence-electron chi connectivity index (χ2n) is 5.55. The third-order valence-corrected chi connectivity index (χ3v) is 4.20. The molecule has 0 bridgehead atoms. The van der Waals surface area contributed by atoms with Crippen LogP contribution in [0.2, 0.25) is 15.1 Å². The molecule has 0 amide bonds. The highest BCUT2D eigenvalue weighted by Gasteiger charge is 2.15. The molecule has 0 aliphatic carbocycles. The van der Waals surface area contributed by atoms with Crippen molar-refractivity contribution >= 4 is 34.8 Å². The van der Waals surface area contributed by atoms with Gasteiger partial charge in [0.15, 0.2) is 0 Å². The summed E-state index contributed by atoms with van der Waals surface area (Å²) >= 11 is 18.5. The Balaban J connectivity index is 2.52. The van der Waals surface area contributed by atoms with Crippen molar-refractivity contribution in [2.24, 2.45) is 0 Å². The molecule has 0 spiro atoms. The fourth-order valence-electron chi connectivity index (χ4n) is 1.93. The minimum absolute atomic E-state index is 0.125. The first-order valence-corrected chi connectivity index (χ1v) is 7.18. The van der Waals surface area contributed by atoms with E-state index in [1.807, 2.05) is 12.1 Å². The molecule has 0 saturated carbocycles. The second kappa shape index (κ2) is 5.36. The third kappa shape index (κ3) is 3.08. The van der Waals surface area contributed by atoms with Crippen LogP contribution in [0.25, 0.3) is 11.1 Å². The monoisotopic (exact) mass is 312 g/mol. The minimum atomic E-state index is 0.125. The standard InChI is InChI=1S/C16H15Cl3/c1-16(2,3)11-6-4-10(5-7-11)14-12(17)8-9-13(18)15(14)19/h4-9H,1-3H3. The normalized spacial score (nSPS) is 11.7. The van der Waals surface area contributed by atoms with E-state index < -0.39 is 0 Å². The Kier molecular flexibility index (Phi) is 4.15. The van der Waals surface area contributed by atoms with E-state index in [1.165, 1.54) is 5.56 Å². The van der Waals surface area contributed by atoms with Gasteiger partial charge in [-0.05, 0) is 28.7 Å². The summed E-state index contributed by atoms with van der Waals surface area (Å²) < 4.78 is 0. The van der Waals surface area contributed by atoms with Crippen LogP contribution in [0.15, 0.2) is 36.4 Å². The topological polar surface area (TPSA) is 0 Å². The Morgan fingerprint density at radius 1 is 0.737 bits per heavy atom. The summed E-state index contributed by atoms with van der Waals surface area (Å²) in [5, 5.41) is 1.62. The molecule has 19 heavy (non-hydrogen) atoms. The van der Waals surface area contributed by atoms with E-state index in [0.29, 0.717) is 15.1 Å². The summed E-state index contributed by atoms with van der Waals surface area (Å²) in [5.74, 6) is 0. The van der Waals surface area contributed by atoms with Crippen LogP contribution in [0.5, 0.6) is 0 Å². The smallest absolute Gasteiger partial charge is 0.0685 e. The van der Waals surface area contributed by atoms with E-state index in [4.69, 9.17) is 34.8 Å². The number of hydrogen-bond donors (Lipinski definition) is 0. The van der Waals surface area contributed by atoms with Crippen molar-refractivity contribution in [3.05, 3.63) is 57.0 Å². The van der Waals surface area contributed by atoms with Crippen LogP contribution in [0.4, 0.5) is 0 Å². The lowest BCUT2D eigenvalue weighted by Crippen LogP contribution is -2.10. The number of hydrogen-bond acceptors (Lipinski definition) is 0. The molecular formula is C16H15Cl3. The van der Waals surface area contributed by atoms with Crippen LogP contribution in [0.1, 0.15) is 26.3 Å². The Labute approximate surface area is 129 Å². The van der Waals surface area contributed by atoms with Crippen molar-refractivity contribution in [2.45, 2.75) is 26.2 Å². The number of halogens is 3. The Morgan fingerprint density at radius 2 is 1.26 bits per heavy atom. The van der Waals surface area contributed by atoms with Gasteiger partial charge in [-0.15, -0.1) is 0 Å². The Hall–Kier alpha value is -0.690. The molecule has 100 valence electrons. The maximum Gasteiger partial charge on any atom is 0.0685 e. The zero-order valence-corrected chi connectivity index (χ0v) is 13.4. The molecule has 0 aliphatic heterocycles. The van der Waals surface area contributed by atoms with Gasteiger partial charge in [-0.2, -0.15) is 0 Å². The van der Waals surface area contributed by atoms with Gasteiger partial charge in [0.05, 0.1) is 10.0 Å². The molecule has 2 rings (SSSR count). The van der Waals surface area contributed by atoms with Gasteiger partial charge in [0.25, 0.3) is 0 Å². The largest absolute Gasteiger partial charge is 0.0836 e. The van der Waals surface area contributed by atoms with Crippen molar-refractivity contribution in [3.8, 4) is 11.1 Å². The number of rotatable bonds is 1. The van der Waals surface area contributed by atoms with E-state index in [-0.39, 0.29) is 5.41 Å². The zero-order chi connectivity index (χ0) is 14.2. The molecule has 0 aromatic heterocycles. The molecule has 0 unspecified atom stereocenters. The summed E-state index contributed by atoms with van der Waals surface area (Å²) in [7, 11) is 0. The van der Waals surface area contributed by atoms with Gasteiger partial charge in [-0.1, -0.05) is 79.8 Å². The summed E-state index contributed by atoms with van der Waals surface area (Å²) in [5.41, 5.74) is 3.16. The van der Waals surface area contributed by atoms with E-state index >= 15 is 0 Å². The summed E-state index contributed by atoms with van der Waals surface area (Å²) in [6.45, 7) is 6.55. The third-order valence-electron chi connectivity index (χ3n) is 3.08. The predicted octanol–water partition coefficient (Wildman–Crippen LogP) is 6.61. The highest BCUT2D eigenvalue weighted by molar-refractivity contribution is 6.46. The average Bonchev–Trinajstić information content (AvgIpc) is 2.34. The van der Waals surface area contributed by atoms with E-state index in [0.717, 1.165) is 11.1 Å². The molecule has 2 aromatic carbocycles. The van der Waals surface area contributed by atoms with E-state index in [1.54, 1.807) is 12.1 Å². The maximum absolute atomic E-state index is 6.25. The summed E-state index contributed by atoms with van der Waals surface area (Å²) in [6.07, 6.45) is 0. The number of benzene rings is 2. The second-order valence-corrected chi connectivity index (χ2v) is 6.74. The van der Waals surface area contributed by atoms with Gasteiger partial charge >= 0.3 is 0 Å². The lowest BCUT2D eigenvalue weighted by atomic mass is 9.86. The van der Waals surface area contributed by atoms with Crippen LogP contribution >= 0.6 is 34.8 Å². The lowest BCUT2D eigenvalue weighted by Gasteiger charge is -2.19. The molecule has 0 radical (unpaired) electrons. The van der Waals surface area contributed by atoms with Crippen LogP contribution in [-0.2, 0) is 5.41 Å². The predicted molar refractivity (Wildman–Crippen MR) is 85.6 cm³/mol. The fraction of sp³-hybridized carbons (Fsp3) is 0.250. The van der Waals surface area contributed by atoms with Crippen molar-refractivity contribution in [1.29, 1.82) is 0 Å². The summed E-state index contributed by atoms with van der Waals surface area (Å²) in [4.78, 5) is 0. The lowest BCUT2D eigenvalue weighted by molar-refractivity contribution is 0.590. The van der Waals surface area contributed by atoms with Gasteiger partial charge < -0.3 is 0 Å².